The van der Waals surface area contributed by atoms with E-state index < -0.39 is 5.82 Å². The molecule has 0 aliphatic heterocycles. The van der Waals surface area contributed by atoms with Crippen molar-refractivity contribution in [1.82, 2.24) is 4.98 Å². The fourth-order valence-electron chi connectivity index (χ4n) is 1.52. The first-order chi connectivity index (χ1) is 8.70. The third-order valence-corrected chi connectivity index (χ3v) is 2.57. The van der Waals surface area contributed by atoms with E-state index in [4.69, 9.17) is 4.74 Å². The fraction of sp³-hybridized carbons (Fsp3) is 0.143. The van der Waals surface area contributed by atoms with Crippen molar-refractivity contribution in [3.05, 3.63) is 59.2 Å². The Bertz CT molecular complexity index is 569. The molecule has 4 heteroatoms. The van der Waals surface area contributed by atoms with Gasteiger partial charge in [-0.25, -0.2) is 4.39 Å². The molecule has 0 aliphatic carbocycles. The van der Waals surface area contributed by atoms with Crippen LogP contribution in [0.15, 0.2) is 36.5 Å². The summed E-state index contributed by atoms with van der Waals surface area (Å²) < 4.78 is 18.9. The Labute approximate surface area is 104 Å². The number of pyridine rings is 1. The minimum atomic E-state index is -0.548. The molecule has 0 spiro atoms. The van der Waals surface area contributed by atoms with Gasteiger partial charge in [0.25, 0.3) is 0 Å². The van der Waals surface area contributed by atoms with E-state index in [0.29, 0.717) is 6.29 Å². The summed E-state index contributed by atoms with van der Waals surface area (Å²) in [6.45, 7) is 2.11. The zero-order valence-corrected chi connectivity index (χ0v) is 9.89. The highest BCUT2D eigenvalue weighted by atomic mass is 19.1. The van der Waals surface area contributed by atoms with Crippen molar-refractivity contribution < 1.29 is 13.9 Å². The number of carbonyl (C=O) groups is 1. The molecule has 0 N–H and O–H groups in total. The van der Waals surface area contributed by atoms with Gasteiger partial charge in [0.05, 0.1) is 5.69 Å². The van der Waals surface area contributed by atoms with Crippen LogP contribution >= 0.6 is 0 Å². The van der Waals surface area contributed by atoms with Crippen LogP contribution in [0.1, 0.15) is 21.6 Å². The molecular weight excluding hydrogens is 233 g/mol. The zero-order valence-electron chi connectivity index (χ0n) is 9.89. The summed E-state index contributed by atoms with van der Waals surface area (Å²) in [6.07, 6.45) is 2.26. The average molecular weight is 245 g/mol. The van der Waals surface area contributed by atoms with Gasteiger partial charge in [0, 0.05) is 11.8 Å². The molecule has 0 atom stereocenters. The molecule has 2 aromatic rings. The summed E-state index contributed by atoms with van der Waals surface area (Å²) in [5.74, 6) is -0.432. The van der Waals surface area contributed by atoms with Gasteiger partial charge in [-0.05, 0) is 36.8 Å². The van der Waals surface area contributed by atoms with E-state index in [0.717, 1.165) is 17.3 Å². The second kappa shape index (κ2) is 5.40. The van der Waals surface area contributed by atoms with Crippen LogP contribution in [0.3, 0.4) is 0 Å². The number of aromatic nitrogens is 1. The van der Waals surface area contributed by atoms with Crippen LogP contribution in [0.4, 0.5) is 4.39 Å². The molecule has 0 saturated heterocycles. The molecule has 0 unspecified atom stereocenters. The van der Waals surface area contributed by atoms with Crippen molar-refractivity contribution in [3.63, 3.8) is 0 Å². The highest BCUT2D eigenvalue weighted by Crippen LogP contribution is 2.19. The van der Waals surface area contributed by atoms with Crippen molar-refractivity contribution in [1.29, 1.82) is 0 Å². The molecule has 0 radical (unpaired) electrons. The number of ether oxygens (including phenoxy) is 1. The zero-order chi connectivity index (χ0) is 13.0. The van der Waals surface area contributed by atoms with Gasteiger partial charge in [-0.15, -0.1) is 0 Å². The predicted octanol–water partition coefficient (Wildman–Crippen LogP) is 2.92. The van der Waals surface area contributed by atoms with Crippen molar-refractivity contribution in [2.45, 2.75) is 13.5 Å². The monoisotopic (exact) mass is 245 g/mol. The van der Waals surface area contributed by atoms with Gasteiger partial charge in [-0.2, -0.15) is 0 Å². The second-order valence-corrected chi connectivity index (χ2v) is 3.86. The minimum Gasteiger partial charge on any atom is -0.484 e. The summed E-state index contributed by atoms with van der Waals surface area (Å²) in [5.41, 5.74) is 2.03. The van der Waals surface area contributed by atoms with Gasteiger partial charge in [-0.1, -0.05) is 6.07 Å². The maximum Gasteiger partial charge on any atom is 0.165 e. The largest absolute Gasteiger partial charge is 0.484 e. The van der Waals surface area contributed by atoms with Crippen molar-refractivity contribution in [2.24, 2.45) is 0 Å². The maximum atomic E-state index is 13.5. The lowest BCUT2D eigenvalue weighted by molar-refractivity contribution is 0.112. The molecule has 1 aromatic heterocycles. The molecule has 0 fully saturated rings. The van der Waals surface area contributed by atoms with Crippen LogP contribution in [0.5, 0.6) is 5.75 Å². The molecule has 18 heavy (non-hydrogen) atoms. The Morgan fingerprint density at radius 1 is 1.39 bits per heavy atom. The summed E-state index contributed by atoms with van der Waals surface area (Å²) in [5, 5.41) is 0. The number of aryl methyl sites for hydroxylation is 1. The first-order valence-corrected chi connectivity index (χ1v) is 5.48. The van der Waals surface area contributed by atoms with Gasteiger partial charge >= 0.3 is 0 Å². The number of benzene rings is 1. The Morgan fingerprint density at radius 2 is 2.22 bits per heavy atom. The predicted molar refractivity (Wildman–Crippen MR) is 65.1 cm³/mol. The van der Waals surface area contributed by atoms with E-state index >= 15 is 0 Å². The number of hydrogen-bond donors (Lipinski definition) is 0. The first-order valence-electron chi connectivity index (χ1n) is 5.48. The quantitative estimate of drug-likeness (QED) is 0.777. The number of rotatable bonds is 4. The molecule has 0 aliphatic rings. The third-order valence-electron chi connectivity index (χ3n) is 2.57. The molecule has 0 amide bonds. The van der Waals surface area contributed by atoms with E-state index in [1.807, 2.05) is 19.1 Å². The highest BCUT2D eigenvalue weighted by Gasteiger charge is 2.06. The van der Waals surface area contributed by atoms with Crippen molar-refractivity contribution in [2.75, 3.05) is 0 Å². The lowest BCUT2D eigenvalue weighted by Gasteiger charge is -2.08. The first kappa shape index (κ1) is 12.2. The summed E-state index contributed by atoms with van der Waals surface area (Å²) in [4.78, 5) is 14.6. The smallest absolute Gasteiger partial charge is 0.165 e. The van der Waals surface area contributed by atoms with Crippen LogP contribution in [0.2, 0.25) is 0 Å². The molecule has 92 valence electrons. The molecule has 2 rings (SSSR count). The lowest BCUT2D eigenvalue weighted by Crippen LogP contribution is -2.02. The topological polar surface area (TPSA) is 39.2 Å². The molecule has 3 nitrogen and oxygen atoms in total. The number of carbonyl (C=O) groups excluding carboxylic acids is 1. The SMILES string of the molecule is Cc1cccnc1COc1ccc(C=O)cc1F. The van der Waals surface area contributed by atoms with Crippen LogP contribution in [-0.2, 0) is 6.61 Å². The van der Waals surface area contributed by atoms with Gasteiger partial charge in [0.15, 0.2) is 11.6 Å². The number of halogens is 1. The Kier molecular flexibility index (Phi) is 3.67. The van der Waals surface area contributed by atoms with Crippen molar-refractivity contribution >= 4 is 6.29 Å². The van der Waals surface area contributed by atoms with E-state index in [1.54, 1.807) is 6.20 Å². The van der Waals surface area contributed by atoms with Gasteiger partial charge in [0.2, 0.25) is 0 Å². The minimum absolute atomic E-state index is 0.116. The van der Waals surface area contributed by atoms with E-state index in [-0.39, 0.29) is 17.9 Å². The third kappa shape index (κ3) is 2.71. The number of hydrogen-bond acceptors (Lipinski definition) is 3. The van der Waals surface area contributed by atoms with Crippen LogP contribution in [-0.4, -0.2) is 11.3 Å². The average Bonchev–Trinajstić information content (AvgIpc) is 2.39. The standard InChI is InChI=1S/C14H12FNO2/c1-10-3-2-6-16-13(10)9-18-14-5-4-11(8-17)7-12(14)15/h2-8H,9H2,1H3. The summed E-state index contributed by atoms with van der Waals surface area (Å²) >= 11 is 0. The second-order valence-electron chi connectivity index (χ2n) is 3.86. The maximum absolute atomic E-state index is 13.5. The number of aldehydes is 1. The van der Waals surface area contributed by atoms with E-state index in [1.165, 1.54) is 12.1 Å². The fourth-order valence-corrected chi connectivity index (χ4v) is 1.52. The Morgan fingerprint density at radius 3 is 2.89 bits per heavy atom. The number of nitrogens with zero attached hydrogens (tertiary/aromatic N) is 1. The molecule has 0 bridgehead atoms. The Balaban J connectivity index is 2.11. The Hall–Kier alpha value is -2.23. The van der Waals surface area contributed by atoms with E-state index in [9.17, 15) is 9.18 Å². The lowest BCUT2D eigenvalue weighted by atomic mass is 10.2. The van der Waals surface area contributed by atoms with Crippen molar-refractivity contribution in [3.8, 4) is 5.75 Å². The van der Waals surface area contributed by atoms with Crippen LogP contribution < -0.4 is 4.74 Å². The van der Waals surface area contributed by atoms with Crippen LogP contribution in [0.25, 0.3) is 0 Å². The molecule has 0 saturated carbocycles. The van der Waals surface area contributed by atoms with Gasteiger partial charge < -0.3 is 4.74 Å². The van der Waals surface area contributed by atoms with Gasteiger partial charge in [0.1, 0.15) is 12.9 Å². The van der Waals surface area contributed by atoms with E-state index in [2.05, 4.69) is 4.98 Å². The summed E-state index contributed by atoms with van der Waals surface area (Å²) in [6, 6.07) is 7.84. The molecule has 1 aromatic carbocycles. The highest BCUT2D eigenvalue weighted by molar-refractivity contribution is 5.74. The molecular formula is C14H12FNO2. The van der Waals surface area contributed by atoms with Gasteiger partial charge in [-0.3, -0.25) is 9.78 Å². The van der Waals surface area contributed by atoms with Crippen LogP contribution in [0, 0.1) is 12.7 Å². The normalized spacial score (nSPS) is 10.1. The summed E-state index contributed by atoms with van der Waals surface area (Å²) in [7, 11) is 0. The molecule has 1 heterocycles.